The summed E-state index contributed by atoms with van der Waals surface area (Å²) >= 11 is 0. The number of carbonyl (C=O) groups is 1. The number of pyridine rings is 1. The van der Waals surface area contributed by atoms with Crippen LogP contribution in [-0.4, -0.2) is 21.1 Å². The van der Waals surface area contributed by atoms with Gasteiger partial charge in [-0.25, -0.2) is 4.98 Å². The van der Waals surface area contributed by atoms with Gasteiger partial charge < -0.3 is 5.32 Å². The summed E-state index contributed by atoms with van der Waals surface area (Å²) in [5, 5.41) is 11.1. The minimum Gasteiger partial charge on any atom is -0.322 e. The molecule has 2 aromatic carbocycles. The van der Waals surface area contributed by atoms with E-state index in [1.165, 1.54) is 0 Å². The summed E-state index contributed by atoms with van der Waals surface area (Å²) in [6.45, 7) is 0. The molecule has 2 aromatic heterocycles. The van der Waals surface area contributed by atoms with Crippen molar-refractivity contribution in [3.05, 3.63) is 78.5 Å². The predicted molar refractivity (Wildman–Crippen MR) is 93.7 cm³/mol. The van der Waals surface area contributed by atoms with Crippen molar-refractivity contribution in [3.8, 4) is 11.3 Å². The number of carbonyl (C=O) groups excluding carboxylic acids is 1. The van der Waals surface area contributed by atoms with Crippen molar-refractivity contribution in [1.82, 2.24) is 15.2 Å². The number of benzene rings is 2. The summed E-state index contributed by atoms with van der Waals surface area (Å²) in [6, 6.07) is 20.6. The second-order valence-corrected chi connectivity index (χ2v) is 5.37. The zero-order valence-corrected chi connectivity index (χ0v) is 12.7. The zero-order chi connectivity index (χ0) is 16.4. The lowest BCUT2D eigenvalue weighted by molar-refractivity contribution is 0.102. The molecule has 5 heteroatoms. The zero-order valence-electron chi connectivity index (χ0n) is 12.7. The fraction of sp³-hybridized carbons (Fsp3) is 0. The van der Waals surface area contributed by atoms with Crippen LogP contribution in [0.3, 0.4) is 0 Å². The Balaban J connectivity index is 1.68. The highest BCUT2D eigenvalue weighted by Crippen LogP contribution is 2.25. The molecule has 4 aromatic rings. The van der Waals surface area contributed by atoms with Crippen LogP contribution < -0.4 is 5.32 Å². The van der Waals surface area contributed by atoms with E-state index in [1.54, 1.807) is 12.3 Å². The fourth-order valence-corrected chi connectivity index (χ4v) is 2.61. The number of aromatic nitrogens is 3. The normalized spacial score (nSPS) is 10.7. The lowest BCUT2D eigenvalue weighted by Gasteiger charge is -2.06. The van der Waals surface area contributed by atoms with Gasteiger partial charge in [0.1, 0.15) is 5.69 Å². The molecule has 0 bridgehead atoms. The molecular weight excluding hydrogens is 300 g/mol. The molecule has 0 unspecified atom stereocenters. The van der Waals surface area contributed by atoms with Crippen LogP contribution in [0.2, 0.25) is 0 Å². The van der Waals surface area contributed by atoms with Crippen molar-refractivity contribution in [2.75, 3.05) is 5.32 Å². The van der Waals surface area contributed by atoms with Gasteiger partial charge >= 0.3 is 0 Å². The number of hydrogen-bond acceptors (Lipinski definition) is 3. The first kappa shape index (κ1) is 14.1. The molecule has 5 nitrogen and oxygen atoms in total. The van der Waals surface area contributed by atoms with Crippen LogP contribution in [0, 0.1) is 0 Å². The van der Waals surface area contributed by atoms with E-state index in [2.05, 4.69) is 20.5 Å². The molecule has 116 valence electrons. The third-order valence-corrected chi connectivity index (χ3v) is 3.77. The maximum Gasteiger partial charge on any atom is 0.255 e. The smallest absolute Gasteiger partial charge is 0.255 e. The number of H-pyrrole nitrogens is 1. The first-order chi connectivity index (χ1) is 11.8. The summed E-state index contributed by atoms with van der Waals surface area (Å²) < 4.78 is 0. The first-order valence-electron chi connectivity index (χ1n) is 7.57. The fourth-order valence-electron chi connectivity index (χ4n) is 2.61. The van der Waals surface area contributed by atoms with Gasteiger partial charge in [-0.1, -0.05) is 30.3 Å². The van der Waals surface area contributed by atoms with Crippen LogP contribution in [0.1, 0.15) is 10.4 Å². The highest BCUT2D eigenvalue weighted by Gasteiger charge is 2.11. The Morgan fingerprint density at radius 1 is 0.958 bits per heavy atom. The van der Waals surface area contributed by atoms with E-state index in [4.69, 9.17) is 0 Å². The molecule has 0 spiro atoms. The number of anilines is 1. The van der Waals surface area contributed by atoms with Crippen LogP contribution in [0.5, 0.6) is 0 Å². The standard InChI is InChI=1S/C19H14N4O/c24-19(21-15-8-2-1-3-9-15)14-7-4-6-13(12-14)17-16-10-5-11-20-18(16)23-22-17/h1-12H,(H,21,24)(H,20,22,23). The van der Waals surface area contributed by atoms with Crippen LogP contribution in [0.4, 0.5) is 5.69 Å². The summed E-state index contributed by atoms with van der Waals surface area (Å²) in [6.07, 6.45) is 1.72. The summed E-state index contributed by atoms with van der Waals surface area (Å²) in [5.41, 5.74) is 3.73. The third kappa shape index (κ3) is 2.63. The molecule has 2 heterocycles. The highest BCUT2D eigenvalue weighted by atomic mass is 16.1. The topological polar surface area (TPSA) is 70.7 Å². The number of aromatic amines is 1. The quantitative estimate of drug-likeness (QED) is 0.603. The van der Waals surface area contributed by atoms with Gasteiger partial charge in [-0.15, -0.1) is 0 Å². The number of amides is 1. The second kappa shape index (κ2) is 5.96. The van der Waals surface area contributed by atoms with Gasteiger partial charge in [0.15, 0.2) is 5.65 Å². The van der Waals surface area contributed by atoms with E-state index >= 15 is 0 Å². The van der Waals surface area contributed by atoms with Gasteiger partial charge in [-0.05, 0) is 36.4 Å². The Labute approximate surface area is 138 Å². The van der Waals surface area contributed by atoms with Gasteiger partial charge in [-0.2, -0.15) is 5.10 Å². The molecule has 1 amide bonds. The molecule has 0 saturated carbocycles. The molecule has 0 aliphatic carbocycles. The molecule has 0 aliphatic rings. The van der Waals surface area contributed by atoms with Crippen LogP contribution >= 0.6 is 0 Å². The number of para-hydroxylation sites is 1. The van der Waals surface area contributed by atoms with E-state index in [-0.39, 0.29) is 5.91 Å². The Hall–Kier alpha value is -3.47. The van der Waals surface area contributed by atoms with E-state index in [9.17, 15) is 4.79 Å². The summed E-state index contributed by atoms with van der Waals surface area (Å²) in [4.78, 5) is 16.7. The van der Waals surface area contributed by atoms with Crippen molar-refractivity contribution in [1.29, 1.82) is 0 Å². The Morgan fingerprint density at radius 2 is 1.83 bits per heavy atom. The van der Waals surface area contributed by atoms with Gasteiger partial charge in [-0.3, -0.25) is 9.89 Å². The molecular formula is C19H14N4O. The molecule has 24 heavy (non-hydrogen) atoms. The Bertz CT molecular complexity index is 1010. The largest absolute Gasteiger partial charge is 0.322 e. The SMILES string of the molecule is O=C(Nc1ccccc1)c1cccc(-c2n[nH]c3ncccc23)c1. The molecule has 2 N–H and O–H groups in total. The minimum absolute atomic E-state index is 0.152. The average Bonchev–Trinajstić information content (AvgIpc) is 3.07. The summed E-state index contributed by atoms with van der Waals surface area (Å²) in [7, 11) is 0. The van der Waals surface area contributed by atoms with Crippen molar-refractivity contribution in [2.24, 2.45) is 0 Å². The molecule has 0 atom stereocenters. The number of fused-ring (bicyclic) bond motifs is 1. The lowest BCUT2D eigenvalue weighted by Crippen LogP contribution is -2.11. The monoisotopic (exact) mass is 314 g/mol. The van der Waals surface area contributed by atoms with Gasteiger partial charge in [0.25, 0.3) is 5.91 Å². The van der Waals surface area contributed by atoms with Gasteiger partial charge in [0.2, 0.25) is 0 Å². The van der Waals surface area contributed by atoms with E-state index in [0.717, 1.165) is 28.0 Å². The maximum absolute atomic E-state index is 12.4. The molecule has 0 fully saturated rings. The highest BCUT2D eigenvalue weighted by molar-refractivity contribution is 6.05. The van der Waals surface area contributed by atoms with E-state index in [1.807, 2.05) is 60.7 Å². The average molecular weight is 314 g/mol. The maximum atomic E-state index is 12.4. The second-order valence-electron chi connectivity index (χ2n) is 5.37. The van der Waals surface area contributed by atoms with E-state index in [0.29, 0.717) is 5.56 Å². The predicted octanol–water partition coefficient (Wildman–Crippen LogP) is 3.88. The Kier molecular flexibility index (Phi) is 3.51. The van der Waals surface area contributed by atoms with Crippen LogP contribution in [0.15, 0.2) is 72.9 Å². The lowest BCUT2D eigenvalue weighted by atomic mass is 10.1. The molecule has 0 saturated heterocycles. The first-order valence-corrected chi connectivity index (χ1v) is 7.57. The number of hydrogen-bond donors (Lipinski definition) is 2. The number of nitrogens with zero attached hydrogens (tertiary/aromatic N) is 2. The third-order valence-electron chi connectivity index (χ3n) is 3.77. The summed E-state index contributed by atoms with van der Waals surface area (Å²) in [5.74, 6) is -0.152. The van der Waals surface area contributed by atoms with Gasteiger partial charge in [0, 0.05) is 28.4 Å². The van der Waals surface area contributed by atoms with Crippen LogP contribution in [0.25, 0.3) is 22.3 Å². The van der Waals surface area contributed by atoms with E-state index < -0.39 is 0 Å². The van der Waals surface area contributed by atoms with Crippen LogP contribution in [-0.2, 0) is 0 Å². The minimum atomic E-state index is -0.152. The van der Waals surface area contributed by atoms with Gasteiger partial charge in [0.05, 0.1) is 0 Å². The van der Waals surface area contributed by atoms with Crippen molar-refractivity contribution in [2.45, 2.75) is 0 Å². The number of rotatable bonds is 3. The van der Waals surface area contributed by atoms with Crippen molar-refractivity contribution >= 4 is 22.6 Å². The van der Waals surface area contributed by atoms with Crippen molar-refractivity contribution in [3.63, 3.8) is 0 Å². The molecule has 0 radical (unpaired) electrons. The van der Waals surface area contributed by atoms with Crippen molar-refractivity contribution < 1.29 is 4.79 Å². The number of nitrogens with one attached hydrogen (secondary N) is 2. The molecule has 0 aliphatic heterocycles. The molecule has 4 rings (SSSR count). The Morgan fingerprint density at radius 3 is 2.71 bits per heavy atom.